The van der Waals surface area contributed by atoms with Crippen LogP contribution in [0.4, 0.5) is 0 Å². The Kier molecular flexibility index (Phi) is 4.54. The van der Waals surface area contributed by atoms with Crippen molar-refractivity contribution in [1.82, 2.24) is 5.32 Å². The average molecular weight is 205 g/mol. The van der Waals surface area contributed by atoms with Crippen LogP contribution in [0.1, 0.15) is 35.7 Å². The van der Waals surface area contributed by atoms with Gasteiger partial charge in [-0.15, -0.1) is 0 Å². The molecule has 1 amide bonds. The molecule has 0 unspecified atom stereocenters. The SMILES string of the molecule is CCCC(=O)NCc1ccccc1C=O. The fourth-order valence-corrected chi connectivity index (χ4v) is 1.32. The van der Waals surface area contributed by atoms with E-state index in [1.54, 1.807) is 12.1 Å². The maximum absolute atomic E-state index is 11.2. The lowest BCUT2D eigenvalue weighted by atomic mass is 10.1. The number of carbonyl (C=O) groups excluding carboxylic acids is 2. The molecule has 15 heavy (non-hydrogen) atoms. The highest BCUT2D eigenvalue weighted by atomic mass is 16.1. The predicted molar refractivity (Wildman–Crippen MR) is 58.6 cm³/mol. The molecule has 0 saturated heterocycles. The van der Waals surface area contributed by atoms with Crippen molar-refractivity contribution >= 4 is 12.2 Å². The summed E-state index contributed by atoms with van der Waals surface area (Å²) in [6.07, 6.45) is 2.17. The lowest BCUT2D eigenvalue weighted by Gasteiger charge is -2.06. The topological polar surface area (TPSA) is 46.2 Å². The Morgan fingerprint density at radius 2 is 2.13 bits per heavy atom. The molecule has 0 spiro atoms. The Morgan fingerprint density at radius 1 is 1.40 bits per heavy atom. The standard InChI is InChI=1S/C12H15NO2/c1-2-5-12(15)13-8-10-6-3-4-7-11(10)9-14/h3-4,6-7,9H,2,5,8H2,1H3,(H,13,15). The molecule has 3 heteroatoms. The first-order chi connectivity index (χ1) is 7.27. The molecule has 0 aliphatic heterocycles. The van der Waals surface area contributed by atoms with E-state index >= 15 is 0 Å². The molecule has 0 heterocycles. The van der Waals surface area contributed by atoms with Crippen LogP contribution in [-0.2, 0) is 11.3 Å². The van der Waals surface area contributed by atoms with Gasteiger partial charge in [0.2, 0.25) is 5.91 Å². The molecule has 0 atom stereocenters. The van der Waals surface area contributed by atoms with Gasteiger partial charge in [-0.05, 0) is 12.0 Å². The van der Waals surface area contributed by atoms with Crippen molar-refractivity contribution in [2.75, 3.05) is 0 Å². The van der Waals surface area contributed by atoms with E-state index in [1.807, 2.05) is 19.1 Å². The Bertz CT molecular complexity index is 347. The van der Waals surface area contributed by atoms with Gasteiger partial charge in [-0.2, -0.15) is 0 Å². The number of rotatable bonds is 5. The highest BCUT2D eigenvalue weighted by molar-refractivity contribution is 5.78. The average Bonchev–Trinajstić information content (AvgIpc) is 2.27. The van der Waals surface area contributed by atoms with E-state index in [1.165, 1.54) is 0 Å². The summed E-state index contributed by atoms with van der Waals surface area (Å²) >= 11 is 0. The summed E-state index contributed by atoms with van der Waals surface area (Å²) in [4.78, 5) is 21.9. The highest BCUT2D eigenvalue weighted by Gasteiger charge is 2.02. The summed E-state index contributed by atoms with van der Waals surface area (Å²) in [5.74, 6) is 0.0261. The number of aldehydes is 1. The monoisotopic (exact) mass is 205 g/mol. The smallest absolute Gasteiger partial charge is 0.220 e. The van der Waals surface area contributed by atoms with Crippen molar-refractivity contribution in [2.24, 2.45) is 0 Å². The first-order valence-corrected chi connectivity index (χ1v) is 5.07. The maximum atomic E-state index is 11.2. The fraction of sp³-hybridized carbons (Fsp3) is 0.333. The molecular weight excluding hydrogens is 190 g/mol. The van der Waals surface area contributed by atoms with Crippen molar-refractivity contribution in [3.63, 3.8) is 0 Å². The highest BCUT2D eigenvalue weighted by Crippen LogP contribution is 2.05. The van der Waals surface area contributed by atoms with Crippen LogP contribution in [0.3, 0.4) is 0 Å². The molecule has 1 aromatic rings. The lowest BCUT2D eigenvalue weighted by Crippen LogP contribution is -2.22. The minimum atomic E-state index is 0.0261. The van der Waals surface area contributed by atoms with Gasteiger partial charge in [0, 0.05) is 18.5 Å². The van der Waals surface area contributed by atoms with Crippen LogP contribution in [-0.4, -0.2) is 12.2 Å². The molecule has 0 aliphatic rings. The number of hydrogen-bond acceptors (Lipinski definition) is 2. The summed E-state index contributed by atoms with van der Waals surface area (Å²) in [7, 11) is 0. The lowest BCUT2D eigenvalue weighted by molar-refractivity contribution is -0.121. The van der Waals surface area contributed by atoms with Gasteiger partial charge in [0.05, 0.1) is 0 Å². The number of hydrogen-bond donors (Lipinski definition) is 1. The van der Waals surface area contributed by atoms with Crippen molar-refractivity contribution < 1.29 is 9.59 Å². The van der Waals surface area contributed by atoms with Gasteiger partial charge in [-0.1, -0.05) is 31.2 Å². The van der Waals surface area contributed by atoms with Crippen molar-refractivity contribution in [1.29, 1.82) is 0 Å². The van der Waals surface area contributed by atoms with Crippen molar-refractivity contribution in [3.05, 3.63) is 35.4 Å². The molecule has 0 aromatic heterocycles. The minimum Gasteiger partial charge on any atom is -0.352 e. The van der Waals surface area contributed by atoms with E-state index in [0.717, 1.165) is 18.3 Å². The summed E-state index contributed by atoms with van der Waals surface area (Å²) in [6, 6.07) is 7.25. The van der Waals surface area contributed by atoms with E-state index in [-0.39, 0.29) is 5.91 Å². The van der Waals surface area contributed by atoms with Gasteiger partial charge in [0.15, 0.2) is 0 Å². The Morgan fingerprint density at radius 3 is 2.80 bits per heavy atom. The van der Waals surface area contributed by atoms with Gasteiger partial charge in [-0.3, -0.25) is 9.59 Å². The maximum Gasteiger partial charge on any atom is 0.220 e. The van der Waals surface area contributed by atoms with Gasteiger partial charge < -0.3 is 5.32 Å². The Balaban J connectivity index is 2.57. The van der Waals surface area contributed by atoms with E-state index in [2.05, 4.69) is 5.32 Å². The van der Waals surface area contributed by atoms with Gasteiger partial charge in [-0.25, -0.2) is 0 Å². The second-order valence-electron chi connectivity index (χ2n) is 3.34. The van der Waals surface area contributed by atoms with Crippen LogP contribution < -0.4 is 5.32 Å². The Labute approximate surface area is 89.5 Å². The molecule has 1 aromatic carbocycles. The number of nitrogens with one attached hydrogen (secondary N) is 1. The van der Waals surface area contributed by atoms with Crippen LogP contribution in [0.2, 0.25) is 0 Å². The zero-order valence-corrected chi connectivity index (χ0v) is 8.82. The second-order valence-corrected chi connectivity index (χ2v) is 3.34. The van der Waals surface area contributed by atoms with Crippen LogP contribution in [0.25, 0.3) is 0 Å². The Hall–Kier alpha value is -1.64. The van der Waals surface area contributed by atoms with Crippen LogP contribution in [0, 0.1) is 0 Å². The van der Waals surface area contributed by atoms with Crippen LogP contribution in [0.15, 0.2) is 24.3 Å². The van der Waals surface area contributed by atoms with Crippen molar-refractivity contribution in [3.8, 4) is 0 Å². The van der Waals surface area contributed by atoms with E-state index in [4.69, 9.17) is 0 Å². The number of benzene rings is 1. The van der Waals surface area contributed by atoms with Gasteiger partial charge in [0.25, 0.3) is 0 Å². The van der Waals surface area contributed by atoms with Crippen LogP contribution >= 0.6 is 0 Å². The summed E-state index contributed by atoms with van der Waals surface area (Å²) < 4.78 is 0. The first-order valence-electron chi connectivity index (χ1n) is 5.07. The van der Waals surface area contributed by atoms with E-state index in [0.29, 0.717) is 18.5 Å². The molecule has 3 nitrogen and oxygen atoms in total. The molecule has 1 N–H and O–H groups in total. The van der Waals surface area contributed by atoms with Gasteiger partial charge in [0.1, 0.15) is 6.29 Å². The molecule has 0 bridgehead atoms. The molecule has 0 aliphatic carbocycles. The third kappa shape index (κ3) is 3.54. The minimum absolute atomic E-state index is 0.0261. The molecule has 0 radical (unpaired) electrons. The summed E-state index contributed by atoms with van der Waals surface area (Å²) in [5.41, 5.74) is 1.49. The summed E-state index contributed by atoms with van der Waals surface area (Å²) in [6.45, 7) is 2.38. The third-order valence-corrected chi connectivity index (χ3v) is 2.14. The molecule has 80 valence electrons. The van der Waals surface area contributed by atoms with E-state index in [9.17, 15) is 9.59 Å². The first kappa shape index (κ1) is 11.4. The van der Waals surface area contributed by atoms with Gasteiger partial charge >= 0.3 is 0 Å². The molecule has 1 rings (SSSR count). The molecule has 0 fully saturated rings. The normalized spacial score (nSPS) is 9.67. The zero-order chi connectivity index (χ0) is 11.1. The third-order valence-electron chi connectivity index (χ3n) is 2.14. The molecule has 0 saturated carbocycles. The van der Waals surface area contributed by atoms with Crippen molar-refractivity contribution in [2.45, 2.75) is 26.3 Å². The van der Waals surface area contributed by atoms with E-state index < -0.39 is 0 Å². The summed E-state index contributed by atoms with van der Waals surface area (Å²) in [5, 5.41) is 2.78. The molecular formula is C12H15NO2. The second kappa shape index (κ2) is 5.96. The number of amides is 1. The van der Waals surface area contributed by atoms with Crippen LogP contribution in [0.5, 0.6) is 0 Å². The largest absolute Gasteiger partial charge is 0.352 e. The fourth-order valence-electron chi connectivity index (χ4n) is 1.32. The number of carbonyl (C=O) groups is 2. The quantitative estimate of drug-likeness (QED) is 0.746. The predicted octanol–water partition coefficient (Wildman–Crippen LogP) is 1.92. The zero-order valence-electron chi connectivity index (χ0n) is 8.82.